The molecule has 0 bridgehead atoms. The summed E-state index contributed by atoms with van der Waals surface area (Å²) < 4.78 is 3.37. The number of carbonyl (C=O) groups is 1. The lowest BCUT2D eigenvalue weighted by atomic mass is 10.2. The number of carbonyl (C=O) groups excluding carboxylic acids is 1. The van der Waals surface area contributed by atoms with Gasteiger partial charge in [-0.05, 0) is 19.8 Å². The number of amides is 1. The van der Waals surface area contributed by atoms with Gasteiger partial charge in [-0.2, -0.15) is 10.2 Å². The second-order valence-corrected chi connectivity index (χ2v) is 5.97. The van der Waals surface area contributed by atoms with Crippen molar-refractivity contribution < 1.29 is 4.79 Å². The van der Waals surface area contributed by atoms with Crippen molar-refractivity contribution in [2.45, 2.75) is 38.4 Å². The SMILES string of the molecule is C[C@@H](C(=O)N(Cc1cnn(C)c1)C1CC1)n1cc(Cl)cn1. The van der Waals surface area contributed by atoms with Gasteiger partial charge in [0.15, 0.2) is 0 Å². The first-order chi connectivity index (χ1) is 10.0. The molecule has 2 aromatic heterocycles. The van der Waals surface area contributed by atoms with Crippen LogP contribution in [0.4, 0.5) is 0 Å². The maximum atomic E-state index is 12.7. The summed E-state index contributed by atoms with van der Waals surface area (Å²) in [7, 11) is 1.88. The minimum absolute atomic E-state index is 0.0705. The third-order valence-electron chi connectivity index (χ3n) is 3.71. The molecule has 0 radical (unpaired) electrons. The highest BCUT2D eigenvalue weighted by Gasteiger charge is 2.35. The summed E-state index contributed by atoms with van der Waals surface area (Å²) in [6.07, 6.45) is 9.11. The number of rotatable bonds is 5. The van der Waals surface area contributed by atoms with Gasteiger partial charge >= 0.3 is 0 Å². The number of nitrogens with zero attached hydrogens (tertiary/aromatic N) is 5. The van der Waals surface area contributed by atoms with E-state index in [0.717, 1.165) is 18.4 Å². The standard InChI is InChI=1S/C14H18ClN5O/c1-10(20-9-12(15)6-17-20)14(21)19(13-3-4-13)8-11-5-16-18(2)7-11/h5-7,9-10,13H,3-4,8H2,1-2H3/t10-/m0/s1. The predicted molar refractivity (Wildman–Crippen MR) is 78.7 cm³/mol. The van der Waals surface area contributed by atoms with E-state index < -0.39 is 0 Å². The van der Waals surface area contributed by atoms with Crippen LogP contribution in [0.1, 0.15) is 31.4 Å². The molecule has 2 heterocycles. The van der Waals surface area contributed by atoms with E-state index in [1.54, 1.807) is 28.0 Å². The summed E-state index contributed by atoms with van der Waals surface area (Å²) in [5.74, 6) is 0.0705. The molecule has 0 aliphatic heterocycles. The minimum Gasteiger partial charge on any atom is -0.333 e. The van der Waals surface area contributed by atoms with Crippen LogP contribution in [-0.4, -0.2) is 36.4 Å². The zero-order valence-electron chi connectivity index (χ0n) is 12.1. The van der Waals surface area contributed by atoms with Gasteiger partial charge < -0.3 is 4.90 Å². The van der Waals surface area contributed by atoms with Crippen molar-refractivity contribution >= 4 is 17.5 Å². The number of aryl methyl sites for hydroxylation is 1. The Morgan fingerprint density at radius 1 is 1.43 bits per heavy atom. The molecule has 1 saturated carbocycles. The van der Waals surface area contributed by atoms with Crippen LogP contribution in [-0.2, 0) is 18.4 Å². The van der Waals surface area contributed by atoms with E-state index in [1.807, 2.05) is 25.1 Å². The first-order valence-corrected chi connectivity index (χ1v) is 7.40. The molecular weight excluding hydrogens is 290 g/mol. The lowest BCUT2D eigenvalue weighted by Crippen LogP contribution is -2.37. The van der Waals surface area contributed by atoms with Crippen LogP contribution in [0.25, 0.3) is 0 Å². The van der Waals surface area contributed by atoms with Crippen LogP contribution in [0, 0.1) is 0 Å². The molecule has 3 rings (SSSR count). The molecule has 1 fully saturated rings. The molecule has 0 unspecified atom stereocenters. The number of halogens is 1. The maximum Gasteiger partial charge on any atom is 0.247 e. The topological polar surface area (TPSA) is 56.0 Å². The molecule has 1 aliphatic rings. The van der Waals surface area contributed by atoms with E-state index >= 15 is 0 Å². The largest absolute Gasteiger partial charge is 0.333 e. The van der Waals surface area contributed by atoms with Crippen molar-refractivity contribution in [1.29, 1.82) is 0 Å². The molecule has 1 aliphatic carbocycles. The Labute approximate surface area is 128 Å². The fraction of sp³-hybridized carbons (Fsp3) is 0.500. The summed E-state index contributed by atoms with van der Waals surface area (Å²) in [6, 6.07) is -0.0130. The van der Waals surface area contributed by atoms with Gasteiger partial charge in [-0.25, -0.2) is 0 Å². The van der Waals surface area contributed by atoms with Crippen LogP contribution in [0.15, 0.2) is 24.8 Å². The summed E-state index contributed by atoms with van der Waals surface area (Å²) in [4.78, 5) is 14.7. The average Bonchev–Trinajstić information content (AvgIpc) is 3.08. The summed E-state index contributed by atoms with van der Waals surface area (Å²) in [5.41, 5.74) is 1.04. The molecule has 6 nitrogen and oxygen atoms in total. The first kappa shape index (κ1) is 14.1. The van der Waals surface area contributed by atoms with E-state index in [9.17, 15) is 4.79 Å². The van der Waals surface area contributed by atoms with Crippen molar-refractivity contribution in [3.05, 3.63) is 35.4 Å². The van der Waals surface area contributed by atoms with Crippen LogP contribution in [0.5, 0.6) is 0 Å². The molecule has 0 saturated heterocycles. The number of hydrogen-bond acceptors (Lipinski definition) is 3. The highest BCUT2D eigenvalue weighted by atomic mass is 35.5. The van der Waals surface area contributed by atoms with Crippen LogP contribution < -0.4 is 0 Å². The van der Waals surface area contributed by atoms with Gasteiger partial charge in [-0.15, -0.1) is 0 Å². The van der Waals surface area contributed by atoms with Gasteiger partial charge in [0.05, 0.1) is 17.4 Å². The smallest absolute Gasteiger partial charge is 0.247 e. The van der Waals surface area contributed by atoms with Crippen molar-refractivity contribution in [3.63, 3.8) is 0 Å². The van der Waals surface area contributed by atoms with Crippen LogP contribution in [0.2, 0.25) is 5.02 Å². The molecule has 21 heavy (non-hydrogen) atoms. The van der Waals surface area contributed by atoms with Crippen molar-refractivity contribution in [2.24, 2.45) is 7.05 Å². The molecule has 2 aromatic rings. The van der Waals surface area contributed by atoms with Crippen molar-refractivity contribution in [2.75, 3.05) is 0 Å². The predicted octanol–water partition coefficient (Wildman–Crippen LogP) is 2.02. The lowest BCUT2D eigenvalue weighted by molar-refractivity contribution is -0.135. The molecule has 0 spiro atoms. The summed E-state index contributed by atoms with van der Waals surface area (Å²) in [6.45, 7) is 2.45. The average molecular weight is 308 g/mol. The zero-order valence-corrected chi connectivity index (χ0v) is 12.9. The summed E-state index contributed by atoms with van der Waals surface area (Å²) >= 11 is 5.88. The Bertz CT molecular complexity index is 645. The van der Waals surface area contributed by atoms with Crippen LogP contribution >= 0.6 is 11.6 Å². The van der Waals surface area contributed by atoms with Gasteiger partial charge in [-0.1, -0.05) is 11.6 Å². The number of aromatic nitrogens is 4. The maximum absolute atomic E-state index is 12.7. The second-order valence-electron chi connectivity index (χ2n) is 5.53. The fourth-order valence-electron chi connectivity index (χ4n) is 2.40. The Kier molecular flexibility index (Phi) is 3.71. The molecule has 1 amide bonds. The first-order valence-electron chi connectivity index (χ1n) is 7.02. The Morgan fingerprint density at radius 2 is 2.19 bits per heavy atom. The van der Waals surface area contributed by atoms with Gasteiger partial charge in [0.2, 0.25) is 5.91 Å². The third kappa shape index (κ3) is 3.10. The molecular formula is C14H18ClN5O. The minimum atomic E-state index is -0.352. The van der Waals surface area contributed by atoms with Crippen molar-refractivity contribution in [3.8, 4) is 0 Å². The van der Waals surface area contributed by atoms with Crippen molar-refractivity contribution in [1.82, 2.24) is 24.5 Å². The quantitative estimate of drug-likeness (QED) is 0.849. The second kappa shape index (κ2) is 5.52. The van der Waals surface area contributed by atoms with E-state index in [-0.39, 0.29) is 11.9 Å². The van der Waals surface area contributed by atoms with E-state index in [0.29, 0.717) is 17.6 Å². The Hall–Kier alpha value is -1.82. The van der Waals surface area contributed by atoms with E-state index in [1.165, 1.54) is 0 Å². The lowest BCUT2D eigenvalue weighted by Gasteiger charge is -2.25. The Balaban J connectivity index is 1.75. The fourth-order valence-corrected chi connectivity index (χ4v) is 2.55. The normalized spacial score (nSPS) is 16.0. The highest BCUT2D eigenvalue weighted by molar-refractivity contribution is 6.30. The third-order valence-corrected chi connectivity index (χ3v) is 3.90. The monoisotopic (exact) mass is 307 g/mol. The molecule has 1 atom stereocenters. The zero-order chi connectivity index (χ0) is 15.0. The molecule has 0 N–H and O–H groups in total. The molecule has 7 heteroatoms. The Morgan fingerprint density at radius 3 is 2.71 bits per heavy atom. The van der Waals surface area contributed by atoms with E-state index in [2.05, 4.69) is 10.2 Å². The number of hydrogen-bond donors (Lipinski definition) is 0. The molecule has 0 aromatic carbocycles. The van der Waals surface area contributed by atoms with Gasteiger partial charge in [0.1, 0.15) is 6.04 Å². The summed E-state index contributed by atoms with van der Waals surface area (Å²) in [5, 5.41) is 8.83. The molecule has 112 valence electrons. The van der Waals surface area contributed by atoms with Crippen LogP contribution in [0.3, 0.4) is 0 Å². The van der Waals surface area contributed by atoms with Gasteiger partial charge in [-0.3, -0.25) is 14.2 Å². The van der Waals surface area contributed by atoms with E-state index in [4.69, 9.17) is 11.6 Å². The van der Waals surface area contributed by atoms with Gasteiger partial charge in [0.25, 0.3) is 0 Å². The van der Waals surface area contributed by atoms with Gasteiger partial charge in [0, 0.05) is 37.6 Å². The highest BCUT2D eigenvalue weighted by Crippen LogP contribution is 2.30.